The number of methoxy groups -OCH3 is 1. The first kappa shape index (κ1) is 15.7. The Balaban J connectivity index is 2.95. The van der Waals surface area contributed by atoms with Gasteiger partial charge in [-0.25, -0.2) is 8.78 Å². The predicted molar refractivity (Wildman–Crippen MR) is 70.4 cm³/mol. The molecule has 0 bridgehead atoms. The number of benzene rings is 1. The molecule has 1 rings (SSSR count). The van der Waals surface area contributed by atoms with Crippen molar-refractivity contribution in [2.24, 2.45) is 0 Å². The quantitative estimate of drug-likeness (QED) is 0.754. The molecule has 0 aliphatic rings. The summed E-state index contributed by atoms with van der Waals surface area (Å²) in [6.45, 7) is 1.30. The summed E-state index contributed by atoms with van der Waals surface area (Å²) in [6, 6.07) is 4.85. The van der Waals surface area contributed by atoms with Crippen molar-refractivity contribution >= 4 is 17.5 Å². The largest absolute Gasteiger partial charge is 0.496 e. The van der Waals surface area contributed by atoms with E-state index in [1.807, 2.05) is 6.92 Å². The van der Waals surface area contributed by atoms with Crippen LogP contribution in [0.4, 0.5) is 8.78 Å². The number of hydrogen-bond acceptors (Lipinski definition) is 2. The average Bonchev–Trinajstić information content (AvgIpc) is 2.37. The molecule has 0 radical (unpaired) electrons. The third kappa shape index (κ3) is 4.35. The summed E-state index contributed by atoms with van der Waals surface area (Å²) in [7, 11) is 1.49. The SMILES string of the molecule is COc1cc(C(=O)N(CCCl)CC(F)F)ccc1C. The highest BCUT2D eigenvalue weighted by molar-refractivity contribution is 6.18. The first-order valence-corrected chi connectivity index (χ1v) is 6.31. The fourth-order valence-corrected chi connectivity index (χ4v) is 1.88. The zero-order chi connectivity index (χ0) is 14.4. The zero-order valence-electron chi connectivity index (χ0n) is 10.8. The summed E-state index contributed by atoms with van der Waals surface area (Å²) in [5.74, 6) is 0.189. The minimum Gasteiger partial charge on any atom is -0.496 e. The van der Waals surface area contributed by atoms with Gasteiger partial charge in [0.05, 0.1) is 13.7 Å². The second-order valence-electron chi connectivity index (χ2n) is 4.02. The molecule has 6 heteroatoms. The Morgan fingerprint density at radius 3 is 2.68 bits per heavy atom. The van der Waals surface area contributed by atoms with E-state index in [2.05, 4.69) is 0 Å². The van der Waals surface area contributed by atoms with E-state index >= 15 is 0 Å². The van der Waals surface area contributed by atoms with Crippen molar-refractivity contribution in [3.8, 4) is 5.75 Å². The number of nitrogens with zero attached hydrogens (tertiary/aromatic N) is 1. The van der Waals surface area contributed by atoms with Crippen molar-refractivity contribution in [3.63, 3.8) is 0 Å². The van der Waals surface area contributed by atoms with Gasteiger partial charge in [-0.05, 0) is 24.6 Å². The summed E-state index contributed by atoms with van der Waals surface area (Å²) >= 11 is 5.53. The van der Waals surface area contributed by atoms with Crippen LogP contribution in [0.25, 0.3) is 0 Å². The molecule has 1 amide bonds. The zero-order valence-corrected chi connectivity index (χ0v) is 11.6. The van der Waals surface area contributed by atoms with Crippen LogP contribution in [0, 0.1) is 6.92 Å². The molecule has 0 unspecified atom stereocenters. The number of rotatable bonds is 6. The fourth-order valence-electron chi connectivity index (χ4n) is 1.68. The lowest BCUT2D eigenvalue weighted by atomic mass is 10.1. The summed E-state index contributed by atoms with van der Waals surface area (Å²) in [5, 5.41) is 0. The Morgan fingerprint density at radius 2 is 2.16 bits per heavy atom. The molecule has 0 saturated carbocycles. The number of aryl methyl sites for hydroxylation is 1. The van der Waals surface area contributed by atoms with Crippen LogP contribution in [-0.2, 0) is 0 Å². The number of alkyl halides is 3. The van der Waals surface area contributed by atoms with Gasteiger partial charge in [-0.1, -0.05) is 6.07 Å². The molecule has 3 nitrogen and oxygen atoms in total. The molecule has 0 aliphatic heterocycles. The van der Waals surface area contributed by atoms with E-state index in [0.717, 1.165) is 10.5 Å². The number of amides is 1. The van der Waals surface area contributed by atoms with E-state index in [9.17, 15) is 13.6 Å². The van der Waals surface area contributed by atoms with Crippen molar-refractivity contribution in [2.75, 3.05) is 26.1 Å². The molecule has 0 fully saturated rings. The lowest BCUT2D eigenvalue weighted by molar-refractivity contribution is 0.0571. The molecule has 106 valence electrons. The molecule has 1 aromatic rings. The van der Waals surface area contributed by atoms with Crippen LogP contribution in [0.5, 0.6) is 5.75 Å². The summed E-state index contributed by atoms with van der Waals surface area (Å²) in [5.41, 5.74) is 1.19. The van der Waals surface area contributed by atoms with Crippen LogP contribution in [0.1, 0.15) is 15.9 Å². The molecule has 0 aliphatic carbocycles. The molecule has 0 atom stereocenters. The predicted octanol–water partition coefficient (Wildman–Crippen LogP) is 2.95. The van der Waals surface area contributed by atoms with Gasteiger partial charge in [-0.2, -0.15) is 0 Å². The molecule has 1 aromatic carbocycles. The molecule has 0 heterocycles. The maximum Gasteiger partial charge on any atom is 0.255 e. The summed E-state index contributed by atoms with van der Waals surface area (Å²) < 4.78 is 30.0. The summed E-state index contributed by atoms with van der Waals surface area (Å²) in [6.07, 6.45) is -2.58. The summed E-state index contributed by atoms with van der Waals surface area (Å²) in [4.78, 5) is 13.2. The minimum atomic E-state index is -2.58. The van der Waals surface area contributed by atoms with Gasteiger partial charge >= 0.3 is 0 Å². The van der Waals surface area contributed by atoms with E-state index in [0.29, 0.717) is 11.3 Å². The first-order valence-electron chi connectivity index (χ1n) is 5.77. The van der Waals surface area contributed by atoms with Gasteiger partial charge in [0.25, 0.3) is 12.3 Å². The van der Waals surface area contributed by atoms with E-state index < -0.39 is 18.9 Å². The van der Waals surface area contributed by atoms with Crippen molar-refractivity contribution in [1.82, 2.24) is 4.90 Å². The Bertz CT molecular complexity index is 441. The molecule has 0 saturated heterocycles. The van der Waals surface area contributed by atoms with Gasteiger partial charge in [0.1, 0.15) is 5.75 Å². The van der Waals surface area contributed by atoms with E-state index in [4.69, 9.17) is 16.3 Å². The Hall–Kier alpha value is -1.36. The molecular formula is C13H16ClF2NO2. The van der Waals surface area contributed by atoms with Crippen molar-refractivity contribution < 1.29 is 18.3 Å². The number of ether oxygens (including phenoxy) is 1. The standard InChI is InChI=1S/C13H16ClF2NO2/c1-9-3-4-10(7-11(9)19-2)13(18)17(6-5-14)8-12(15)16/h3-4,7,12H,5-6,8H2,1-2H3. The van der Waals surface area contributed by atoms with Gasteiger partial charge in [-0.15, -0.1) is 11.6 Å². The topological polar surface area (TPSA) is 29.5 Å². The van der Waals surface area contributed by atoms with Crippen molar-refractivity contribution in [3.05, 3.63) is 29.3 Å². The Kier molecular flexibility index (Phi) is 6.02. The molecule has 0 N–H and O–H groups in total. The van der Waals surface area contributed by atoms with Crippen LogP contribution in [0.2, 0.25) is 0 Å². The first-order chi connectivity index (χ1) is 8.99. The third-order valence-electron chi connectivity index (χ3n) is 2.66. The monoisotopic (exact) mass is 291 g/mol. The van der Waals surface area contributed by atoms with Crippen LogP contribution >= 0.6 is 11.6 Å². The number of carbonyl (C=O) groups excluding carboxylic acids is 1. The van der Waals surface area contributed by atoms with Crippen molar-refractivity contribution in [1.29, 1.82) is 0 Å². The number of halogens is 3. The highest BCUT2D eigenvalue weighted by Crippen LogP contribution is 2.20. The highest BCUT2D eigenvalue weighted by atomic mass is 35.5. The van der Waals surface area contributed by atoms with Crippen LogP contribution in [0.3, 0.4) is 0 Å². The molecular weight excluding hydrogens is 276 g/mol. The van der Waals surface area contributed by atoms with Crippen LogP contribution < -0.4 is 4.74 Å². The number of hydrogen-bond donors (Lipinski definition) is 0. The fraction of sp³-hybridized carbons (Fsp3) is 0.462. The van der Waals surface area contributed by atoms with Gasteiger partial charge in [0.2, 0.25) is 0 Å². The Labute approximate surface area is 116 Å². The Morgan fingerprint density at radius 1 is 1.47 bits per heavy atom. The smallest absolute Gasteiger partial charge is 0.255 e. The van der Waals surface area contributed by atoms with Crippen molar-refractivity contribution in [2.45, 2.75) is 13.3 Å². The van der Waals surface area contributed by atoms with Crippen LogP contribution in [0.15, 0.2) is 18.2 Å². The highest BCUT2D eigenvalue weighted by Gasteiger charge is 2.20. The lowest BCUT2D eigenvalue weighted by Gasteiger charge is -2.21. The van der Waals surface area contributed by atoms with E-state index in [-0.39, 0.29) is 12.4 Å². The maximum absolute atomic E-state index is 12.4. The second-order valence-corrected chi connectivity index (χ2v) is 4.39. The maximum atomic E-state index is 12.4. The molecule has 0 aromatic heterocycles. The average molecular weight is 292 g/mol. The van der Waals surface area contributed by atoms with Gasteiger partial charge < -0.3 is 9.64 Å². The van der Waals surface area contributed by atoms with Gasteiger partial charge in [0.15, 0.2) is 0 Å². The van der Waals surface area contributed by atoms with E-state index in [1.54, 1.807) is 18.2 Å². The lowest BCUT2D eigenvalue weighted by Crippen LogP contribution is -2.36. The van der Waals surface area contributed by atoms with Crippen LogP contribution in [-0.4, -0.2) is 43.3 Å². The van der Waals surface area contributed by atoms with Gasteiger partial charge in [0, 0.05) is 18.0 Å². The van der Waals surface area contributed by atoms with E-state index in [1.165, 1.54) is 7.11 Å². The van der Waals surface area contributed by atoms with Gasteiger partial charge in [-0.3, -0.25) is 4.79 Å². The molecule has 0 spiro atoms. The number of carbonyl (C=O) groups is 1. The molecule has 19 heavy (non-hydrogen) atoms. The third-order valence-corrected chi connectivity index (χ3v) is 2.82. The second kappa shape index (κ2) is 7.28. The normalized spacial score (nSPS) is 10.6. The minimum absolute atomic E-state index is 0.0842.